The summed E-state index contributed by atoms with van der Waals surface area (Å²) in [5.41, 5.74) is 0. The summed E-state index contributed by atoms with van der Waals surface area (Å²) in [6, 6.07) is 8.58. The van der Waals surface area contributed by atoms with Crippen LogP contribution < -0.4 is 5.32 Å². The summed E-state index contributed by atoms with van der Waals surface area (Å²) in [4.78, 5) is 25.0. The van der Waals surface area contributed by atoms with Crippen LogP contribution in [0, 0.1) is 0 Å². The minimum atomic E-state index is -0.771. The number of amides is 3. The Morgan fingerprint density at radius 2 is 2.15 bits per heavy atom. The van der Waals surface area contributed by atoms with Gasteiger partial charge in [-0.2, -0.15) is 5.06 Å². The largest absolute Gasteiger partial charge is 0.348 e. The van der Waals surface area contributed by atoms with Crippen molar-refractivity contribution < 1.29 is 14.8 Å². The van der Waals surface area contributed by atoms with E-state index in [2.05, 4.69) is 5.32 Å². The van der Waals surface area contributed by atoms with Crippen molar-refractivity contribution in [1.29, 1.82) is 0 Å². The third kappa shape index (κ3) is 5.63. The lowest BCUT2D eigenvalue weighted by Crippen LogP contribution is -2.42. The van der Waals surface area contributed by atoms with Gasteiger partial charge < -0.3 is 0 Å². The Balaban J connectivity index is 1.43. The molecule has 146 valence electrons. The number of carbonyl (C=O) groups is 2. The van der Waals surface area contributed by atoms with Crippen molar-refractivity contribution in [3.05, 3.63) is 35.2 Å². The Labute approximate surface area is 171 Å². The second-order valence-corrected chi connectivity index (χ2v) is 10.5. The van der Waals surface area contributed by atoms with Crippen LogP contribution in [0.25, 0.3) is 10.1 Å². The summed E-state index contributed by atoms with van der Waals surface area (Å²) in [6.07, 6.45) is 4.42. The van der Waals surface area contributed by atoms with E-state index in [0.29, 0.717) is 16.7 Å². The quantitative estimate of drug-likeness (QED) is 0.262. The molecule has 1 aromatic carbocycles. The Morgan fingerprint density at radius 3 is 2.89 bits per heavy atom. The molecule has 8 heteroatoms. The van der Waals surface area contributed by atoms with Crippen molar-refractivity contribution in [2.45, 2.75) is 50.3 Å². The highest BCUT2D eigenvalue weighted by Crippen LogP contribution is 2.39. The fourth-order valence-corrected chi connectivity index (χ4v) is 7.10. The van der Waals surface area contributed by atoms with Gasteiger partial charge in [-0.1, -0.05) is 46.2 Å². The number of fused-ring (bicyclic) bond motifs is 1. The van der Waals surface area contributed by atoms with Crippen LogP contribution in [-0.4, -0.2) is 33.2 Å². The zero-order valence-corrected chi connectivity index (χ0v) is 17.7. The van der Waals surface area contributed by atoms with Crippen LogP contribution in [0.5, 0.6) is 0 Å². The zero-order chi connectivity index (χ0) is 19.2. The van der Waals surface area contributed by atoms with Crippen LogP contribution >= 0.6 is 32.9 Å². The smallest absolute Gasteiger partial charge is 0.284 e. The lowest BCUT2D eigenvalue weighted by molar-refractivity contribution is -0.122. The van der Waals surface area contributed by atoms with E-state index >= 15 is 0 Å². The predicted octanol–water partition coefficient (Wildman–Crippen LogP) is 5.60. The zero-order valence-electron chi connectivity index (χ0n) is 15.2. The van der Waals surface area contributed by atoms with Crippen molar-refractivity contribution in [1.82, 2.24) is 10.4 Å². The molecule has 1 saturated heterocycles. The third-order valence-corrected chi connectivity index (χ3v) is 8.88. The number of urea groups is 1. The molecule has 0 radical (unpaired) electrons. The van der Waals surface area contributed by atoms with Crippen LogP contribution in [0.2, 0.25) is 0 Å². The second kappa shape index (κ2) is 9.82. The molecule has 3 rings (SSSR count). The maximum absolute atomic E-state index is 12.2. The van der Waals surface area contributed by atoms with Crippen molar-refractivity contribution in [3.8, 4) is 0 Å². The molecule has 0 aliphatic carbocycles. The molecule has 2 aromatic rings. The van der Waals surface area contributed by atoms with E-state index in [4.69, 9.17) is 0 Å². The first-order valence-electron chi connectivity index (χ1n) is 9.13. The van der Waals surface area contributed by atoms with Crippen molar-refractivity contribution >= 4 is 54.9 Å². The number of hydrogen-bond acceptors (Lipinski definition) is 6. The summed E-state index contributed by atoms with van der Waals surface area (Å²) in [5, 5.41) is 14.9. The minimum Gasteiger partial charge on any atom is -0.284 e. The first kappa shape index (κ1) is 20.5. The number of hydroxylamine groups is 2. The van der Waals surface area contributed by atoms with E-state index < -0.39 is 12.1 Å². The van der Waals surface area contributed by atoms with Crippen molar-refractivity contribution in [3.63, 3.8) is 0 Å². The molecule has 3 amide bonds. The molecule has 1 aliphatic rings. The summed E-state index contributed by atoms with van der Waals surface area (Å²) in [6.45, 7) is 1.74. The Bertz CT molecular complexity index is 756. The molecule has 5 nitrogen and oxygen atoms in total. The number of unbranched alkanes of at least 4 members (excludes halogenated alkanes) is 1. The average Bonchev–Trinajstić information content (AvgIpc) is 3.33. The van der Waals surface area contributed by atoms with E-state index in [9.17, 15) is 14.8 Å². The number of nitrogens with one attached hydrogen (secondary N) is 1. The number of benzene rings is 1. The molecule has 0 spiro atoms. The van der Waals surface area contributed by atoms with Gasteiger partial charge in [0.1, 0.15) is 0 Å². The van der Waals surface area contributed by atoms with Crippen molar-refractivity contribution in [2.75, 3.05) is 5.75 Å². The molecule has 1 fully saturated rings. The first-order chi connectivity index (χ1) is 13.0. The molecule has 2 N–H and O–H groups in total. The number of nitrogens with zero attached hydrogens (tertiary/aromatic N) is 1. The predicted molar refractivity (Wildman–Crippen MR) is 114 cm³/mol. The second-order valence-electron chi connectivity index (χ2n) is 6.64. The van der Waals surface area contributed by atoms with Gasteiger partial charge in [0.25, 0.3) is 0 Å². The Kier molecular flexibility index (Phi) is 7.46. The standard InChI is InChI=1S/C19H24N2O3S3/c1-13(17-12-14-6-2-4-8-16(14)26-17)21(24)19(23)20-18(22)9-5-3-7-15-10-11-25-27-15/h2,4,6,8,12-13,15,24H,3,5,7,9-11H2,1H3,(H,20,22,23)/t13?,15-/m0/s1. The van der Waals surface area contributed by atoms with Gasteiger partial charge in [-0.15, -0.1) is 11.3 Å². The summed E-state index contributed by atoms with van der Waals surface area (Å²) >= 11 is 1.53. The molecule has 1 aliphatic heterocycles. The van der Waals surface area contributed by atoms with E-state index in [-0.39, 0.29) is 5.91 Å². The van der Waals surface area contributed by atoms with Gasteiger partial charge in [-0.25, -0.2) is 4.79 Å². The molecule has 1 aromatic heterocycles. The van der Waals surface area contributed by atoms with Gasteiger partial charge in [0.2, 0.25) is 5.91 Å². The SMILES string of the molecule is CC(c1cc2ccccc2s1)N(O)C(=O)NC(=O)CCCC[C@H]1CCSS1. The number of hydrogen-bond donors (Lipinski definition) is 2. The topological polar surface area (TPSA) is 69.6 Å². The molecule has 2 heterocycles. The van der Waals surface area contributed by atoms with Gasteiger partial charge in [0.05, 0.1) is 6.04 Å². The Morgan fingerprint density at radius 1 is 1.33 bits per heavy atom. The fraction of sp³-hybridized carbons (Fsp3) is 0.474. The minimum absolute atomic E-state index is 0.307. The average molecular weight is 425 g/mol. The molecule has 27 heavy (non-hydrogen) atoms. The van der Waals surface area contributed by atoms with E-state index in [1.165, 1.54) is 23.5 Å². The maximum Gasteiger partial charge on any atom is 0.348 e. The van der Waals surface area contributed by atoms with Crippen LogP contribution in [0.1, 0.15) is 49.9 Å². The molecule has 0 saturated carbocycles. The van der Waals surface area contributed by atoms with Gasteiger partial charge >= 0.3 is 6.03 Å². The number of thiophene rings is 1. The van der Waals surface area contributed by atoms with Crippen LogP contribution in [0.4, 0.5) is 4.79 Å². The van der Waals surface area contributed by atoms with Crippen LogP contribution in [0.15, 0.2) is 30.3 Å². The van der Waals surface area contributed by atoms with Gasteiger partial charge in [0, 0.05) is 27.0 Å². The monoisotopic (exact) mass is 424 g/mol. The van der Waals surface area contributed by atoms with Gasteiger partial charge in [-0.3, -0.25) is 15.3 Å². The molecular weight excluding hydrogens is 400 g/mol. The van der Waals surface area contributed by atoms with Crippen LogP contribution in [0.3, 0.4) is 0 Å². The lowest BCUT2D eigenvalue weighted by Gasteiger charge is -2.21. The molecule has 2 atom stereocenters. The number of imide groups is 1. The first-order valence-corrected chi connectivity index (χ1v) is 12.3. The normalized spacial score (nSPS) is 17.8. The van der Waals surface area contributed by atoms with Gasteiger partial charge in [-0.05, 0) is 43.7 Å². The molecule has 0 bridgehead atoms. The van der Waals surface area contributed by atoms with Gasteiger partial charge in [0.15, 0.2) is 0 Å². The van der Waals surface area contributed by atoms with E-state index in [1.54, 1.807) is 6.92 Å². The molecular formula is C19H24N2O3S3. The Hall–Kier alpha value is -1.22. The van der Waals surface area contributed by atoms with Crippen LogP contribution in [-0.2, 0) is 4.79 Å². The van der Waals surface area contributed by atoms with Crippen molar-refractivity contribution in [2.24, 2.45) is 0 Å². The summed E-state index contributed by atoms with van der Waals surface area (Å²) in [7, 11) is 3.86. The maximum atomic E-state index is 12.2. The highest BCUT2D eigenvalue weighted by atomic mass is 33.1. The fourth-order valence-electron chi connectivity index (χ4n) is 2.97. The third-order valence-electron chi connectivity index (χ3n) is 4.58. The number of carbonyl (C=O) groups excluding carboxylic acids is 2. The van der Waals surface area contributed by atoms with E-state index in [1.807, 2.05) is 51.9 Å². The summed E-state index contributed by atoms with van der Waals surface area (Å²) < 4.78 is 1.10. The number of rotatable bonds is 7. The summed E-state index contributed by atoms with van der Waals surface area (Å²) in [5.74, 6) is 0.880. The highest BCUT2D eigenvalue weighted by Gasteiger charge is 2.23. The lowest BCUT2D eigenvalue weighted by atomic mass is 10.1. The van der Waals surface area contributed by atoms with E-state index in [0.717, 1.165) is 34.2 Å². The molecule has 1 unspecified atom stereocenters. The highest BCUT2D eigenvalue weighted by molar-refractivity contribution is 8.77.